The third kappa shape index (κ3) is 3.04. The number of amides is 1. The second kappa shape index (κ2) is 6.12. The Hall–Kier alpha value is -2.82. The van der Waals surface area contributed by atoms with Crippen LogP contribution in [-0.2, 0) is 24.9 Å². The van der Waals surface area contributed by atoms with E-state index in [0.29, 0.717) is 6.54 Å². The molecule has 1 heterocycles. The molecule has 0 bridgehead atoms. The van der Waals surface area contributed by atoms with Gasteiger partial charge >= 0.3 is 5.69 Å². The molecule has 1 N–H and O–H groups in total. The van der Waals surface area contributed by atoms with Crippen molar-refractivity contribution in [3.8, 4) is 0 Å². The van der Waals surface area contributed by atoms with Gasteiger partial charge in [-0.25, -0.2) is 4.79 Å². The first-order valence-electron chi connectivity index (χ1n) is 7.53. The molecule has 0 aliphatic heterocycles. The van der Waals surface area contributed by atoms with Gasteiger partial charge < -0.3 is 5.32 Å². The number of para-hydroxylation sites is 2. The molecular weight excluding hydrogens is 290 g/mol. The Balaban J connectivity index is 1.76. The summed E-state index contributed by atoms with van der Waals surface area (Å²) < 4.78 is 3.06. The Morgan fingerprint density at radius 3 is 2.57 bits per heavy atom. The molecule has 0 spiro atoms. The Bertz CT molecular complexity index is 921. The monoisotopic (exact) mass is 309 g/mol. The van der Waals surface area contributed by atoms with Crippen molar-refractivity contribution in [3.63, 3.8) is 0 Å². The van der Waals surface area contributed by atoms with Gasteiger partial charge in [-0.3, -0.25) is 13.9 Å². The highest BCUT2D eigenvalue weighted by Crippen LogP contribution is 2.11. The molecule has 2 aromatic carbocycles. The van der Waals surface area contributed by atoms with Gasteiger partial charge in [-0.1, -0.05) is 42.0 Å². The minimum atomic E-state index is -0.183. The van der Waals surface area contributed by atoms with E-state index in [4.69, 9.17) is 0 Å². The SMILES string of the molecule is Cc1cccc(CNC(=O)Cn2c(=O)n(C)c3ccccc32)c1. The van der Waals surface area contributed by atoms with Crippen molar-refractivity contribution >= 4 is 16.9 Å². The predicted octanol–water partition coefficient (Wildman–Crippen LogP) is 1.96. The van der Waals surface area contributed by atoms with Gasteiger partial charge in [0.1, 0.15) is 6.54 Å². The summed E-state index contributed by atoms with van der Waals surface area (Å²) in [6, 6.07) is 15.4. The number of nitrogens with one attached hydrogen (secondary N) is 1. The fraction of sp³-hybridized carbons (Fsp3) is 0.222. The predicted molar refractivity (Wildman–Crippen MR) is 90.2 cm³/mol. The summed E-state index contributed by atoms with van der Waals surface area (Å²) in [7, 11) is 1.71. The zero-order valence-electron chi connectivity index (χ0n) is 13.2. The van der Waals surface area contributed by atoms with Gasteiger partial charge in [0.2, 0.25) is 5.91 Å². The maximum atomic E-state index is 12.3. The fourth-order valence-electron chi connectivity index (χ4n) is 2.74. The van der Waals surface area contributed by atoms with E-state index in [0.717, 1.165) is 22.2 Å². The van der Waals surface area contributed by atoms with Gasteiger partial charge in [-0.15, -0.1) is 0 Å². The van der Waals surface area contributed by atoms with Crippen LogP contribution in [0.5, 0.6) is 0 Å². The number of benzene rings is 2. The number of aromatic nitrogens is 2. The molecule has 0 unspecified atom stereocenters. The molecule has 23 heavy (non-hydrogen) atoms. The fourth-order valence-corrected chi connectivity index (χ4v) is 2.74. The maximum absolute atomic E-state index is 12.3. The molecule has 3 aromatic rings. The number of hydrogen-bond acceptors (Lipinski definition) is 2. The van der Waals surface area contributed by atoms with Crippen LogP contribution < -0.4 is 11.0 Å². The summed E-state index contributed by atoms with van der Waals surface area (Å²) in [6.07, 6.45) is 0. The number of fused-ring (bicyclic) bond motifs is 1. The highest BCUT2D eigenvalue weighted by Gasteiger charge is 2.12. The van der Waals surface area contributed by atoms with Crippen LogP contribution in [0, 0.1) is 6.92 Å². The van der Waals surface area contributed by atoms with Crippen LogP contribution >= 0.6 is 0 Å². The smallest absolute Gasteiger partial charge is 0.329 e. The molecule has 0 radical (unpaired) electrons. The van der Waals surface area contributed by atoms with Crippen molar-refractivity contribution in [2.45, 2.75) is 20.0 Å². The lowest BCUT2D eigenvalue weighted by Crippen LogP contribution is -2.32. The molecule has 0 fully saturated rings. The Morgan fingerprint density at radius 2 is 1.83 bits per heavy atom. The van der Waals surface area contributed by atoms with Crippen LogP contribution in [-0.4, -0.2) is 15.0 Å². The molecule has 5 heteroatoms. The summed E-state index contributed by atoms with van der Waals surface area (Å²) in [5.41, 5.74) is 3.61. The van der Waals surface area contributed by atoms with Crippen LogP contribution in [0.25, 0.3) is 11.0 Å². The van der Waals surface area contributed by atoms with E-state index < -0.39 is 0 Å². The molecule has 0 saturated carbocycles. The first-order chi connectivity index (χ1) is 11.1. The third-order valence-corrected chi connectivity index (χ3v) is 3.93. The van der Waals surface area contributed by atoms with E-state index in [2.05, 4.69) is 5.32 Å². The summed E-state index contributed by atoms with van der Waals surface area (Å²) in [5.74, 6) is -0.176. The topological polar surface area (TPSA) is 56.0 Å². The zero-order valence-corrected chi connectivity index (χ0v) is 13.2. The third-order valence-electron chi connectivity index (χ3n) is 3.93. The summed E-state index contributed by atoms with van der Waals surface area (Å²) in [4.78, 5) is 24.5. The number of imidazole rings is 1. The van der Waals surface area contributed by atoms with Crippen molar-refractivity contribution in [1.82, 2.24) is 14.5 Å². The Kier molecular flexibility index (Phi) is 4.02. The van der Waals surface area contributed by atoms with E-state index in [9.17, 15) is 9.59 Å². The Morgan fingerprint density at radius 1 is 1.09 bits per heavy atom. The van der Waals surface area contributed by atoms with E-state index in [1.54, 1.807) is 11.6 Å². The number of rotatable bonds is 4. The number of aryl methyl sites for hydroxylation is 2. The molecular formula is C18H19N3O2. The first kappa shape index (κ1) is 15.1. The summed E-state index contributed by atoms with van der Waals surface area (Å²) in [6.45, 7) is 2.49. The highest BCUT2D eigenvalue weighted by molar-refractivity contribution is 5.80. The molecule has 0 atom stereocenters. The van der Waals surface area contributed by atoms with E-state index in [1.165, 1.54) is 4.57 Å². The highest BCUT2D eigenvalue weighted by atomic mass is 16.2. The van der Waals surface area contributed by atoms with Crippen LogP contribution in [0.1, 0.15) is 11.1 Å². The summed E-state index contributed by atoms with van der Waals surface area (Å²) >= 11 is 0. The lowest BCUT2D eigenvalue weighted by molar-refractivity contribution is -0.121. The number of nitrogens with zero attached hydrogens (tertiary/aromatic N) is 2. The molecule has 3 rings (SSSR count). The second-order valence-corrected chi connectivity index (χ2v) is 5.68. The molecule has 1 amide bonds. The number of hydrogen-bond donors (Lipinski definition) is 1. The van der Waals surface area contributed by atoms with Crippen molar-refractivity contribution in [3.05, 3.63) is 70.1 Å². The van der Waals surface area contributed by atoms with Gasteiger partial charge in [-0.05, 0) is 24.6 Å². The first-order valence-corrected chi connectivity index (χ1v) is 7.53. The molecule has 118 valence electrons. The van der Waals surface area contributed by atoms with Gasteiger partial charge in [0.15, 0.2) is 0 Å². The largest absolute Gasteiger partial charge is 0.350 e. The normalized spacial score (nSPS) is 10.9. The quantitative estimate of drug-likeness (QED) is 0.801. The maximum Gasteiger partial charge on any atom is 0.329 e. The van der Waals surface area contributed by atoms with Crippen molar-refractivity contribution in [2.75, 3.05) is 0 Å². The van der Waals surface area contributed by atoms with Gasteiger partial charge in [0.25, 0.3) is 0 Å². The average Bonchev–Trinajstić information content (AvgIpc) is 2.79. The molecule has 0 saturated heterocycles. The Labute approximate surface area is 134 Å². The lowest BCUT2D eigenvalue weighted by Gasteiger charge is -2.07. The van der Waals surface area contributed by atoms with Crippen molar-refractivity contribution in [1.29, 1.82) is 0 Å². The van der Waals surface area contributed by atoms with E-state index in [1.807, 2.05) is 55.5 Å². The molecule has 0 aliphatic carbocycles. The van der Waals surface area contributed by atoms with Crippen LogP contribution in [0.3, 0.4) is 0 Å². The second-order valence-electron chi connectivity index (χ2n) is 5.68. The van der Waals surface area contributed by atoms with Crippen molar-refractivity contribution < 1.29 is 4.79 Å². The van der Waals surface area contributed by atoms with Crippen LogP contribution in [0.4, 0.5) is 0 Å². The summed E-state index contributed by atoms with van der Waals surface area (Å²) in [5, 5.41) is 2.87. The van der Waals surface area contributed by atoms with Gasteiger partial charge in [-0.2, -0.15) is 0 Å². The minimum Gasteiger partial charge on any atom is -0.350 e. The molecule has 0 aliphatic rings. The molecule has 5 nitrogen and oxygen atoms in total. The van der Waals surface area contributed by atoms with Crippen LogP contribution in [0.2, 0.25) is 0 Å². The molecule has 1 aromatic heterocycles. The standard InChI is InChI=1S/C18H19N3O2/c1-13-6-5-7-14(10-13)11-19-17(22)12-21-16-9-4-3-8-15(16)20(2)18(21)23/h3-10H,11-12H2,1-2H3,(H,19,22). The van der Waals surface area contributed by atoms with Gasteiger partial charge in [0, 0.05) is 13.6 Å². The van der Waals surface area contributed by atoms with Crippen molar-refractivity contribution in [2.24, 2.45) is 7.05 Å². The minimum absolute atomic E-state index is 0.0198. The van der Waals surface area contributed by atoms with E-state index in [-0.39, 0.29) is 18.1 Å². The van der Waals surface area contributed by atoms with Crippen LogP contribution in [0.15, 0.2) is 53.3 Å². The van der Waals surface area contributed by atoms with Gasteiger partial charge in [0.05, 0.1) is 11.0 Å². The average molecular weight is 309 g/mol. The zero-order chi connectivity index (χ0) is 16.4. The number of carbonyl (C=O) groups excluding carboxylic acids is 1. The van der Waals surface area contributed by atoms with E-state index >= 15 is 0 Å². The lowest BCUT2D eigenvalue weighted by atomic mass is 10.1. The number of carbonyl (C=O) groups is 1.